The van der Waals surface area contributed by atoms with Gasteiger partial charge in [0.25, 0.3) is 0 Å². The van der Waals surface area contributed by atoms with Crippen molar-refractivity contribution in [1.29, 1.82) is 5.26 Å². The number of amides is 1. The topological polar surface area (TPSA) is 56.6 Å². The van der Waals surface area contributed by atoms with Gasteiger partial charge in [0.2, 0.25) is 5.91 Å². The van der Waals surface area contributed by atoms with Gasteiger partial charge in [-0.05, 0) is 12.8 Å². The maximum absolute atomic E-state index is 12.7. The summed E-state index contributed by atoms with van der Waals surface area (Å²) in [6.07, 6.45) is 6.09. The van der Waals surface area contributed by atoms with Gasteiger partial charge in [0.05, 0.1) is 25.7 Å². The fourth-order valence-electron chi connectivity index (χ4n) is 3.21. The molecular weight excluding hydrogens is 266 g/mol. The molecule has 1 aliphatic heterocycles. The highest BCUT2D eigenvalue weighted by Gasteiger charge is 2.26. The van der Waals surface area contributed by atoms with E-state index in [2.05, 4.69) is 11.0 Å². The quantitative estimate of drug-likeness (QED) is 0.747. The Morgan fingerprint density at radius 3 is 2.57 bits per heavy atom. The lowest BCUT2D eigenvalue weighted by Gasteiger charge is -2.32. The maximum atomic E-state index is 12.7. The van der Waals surface area contributed by atoms with E-state index in [4.69, 9.17) is 10.00 Å². The van der Waals surface area contributed by atoms with Crippen molar-refractivity contribution in [2.45, 2.75) is 38.5 Å². The van der Waals surface area contributed by atoms with Crippen LogP contribution in [-0.4, -0.2) is 61.6 Å². The highest BCUT2D eigenvalue weighted by molar-refractivity contribution is 5.79. The molecule has 0 spiro atoms. The zero-order valence-corrected chi connectivity index (χ0v) is 12.9. The summed E-state index contributed by atoms with van der Waals surface area (Å²) >= 11 is 0. The van der Waals surface area contributed by atoms with E-state index in [9.17, 15) is 4.79 Å². The second kappa shape index (κ2) is 9.01. The minimum absolute atomic E-state index is 0.196. The smallest absolute Gasteiger partial charge is 0.225 e. The second-order valence-corrected chi connectivity index (χ2v) is 6.02. The minimum atomic E-state index is 0.196. The van der Waals surface area contributed by atoms with E-state index < -0.39 is 0 Å². The number of nitrogens with zero attached hydrogens (tertiary/aromatic N) is 3. The normalized spacial score (nSPS) is 20.9. The van der Waals surface area contributed by atoms with E-state index in [0.717, 1.165) is 52.2 Å². The summed E-state index contributed by atoms with van der Waals surface area (Å²) in [5.74, 6) is 0.473. The van der Waals surface area contributed by atoms with Crippen LogP contribution in [-0.2, 0) is 9.53 Å². The number of carbonyl (C=O) groups excluding carboxylic acids is 1. The molecule has 2 fully saturated rings. The van der Waals surface area contributed by atoms with Gasteiger partial charge in [0, 0.05) is 38.6 Å². The van der Waals surface area contributed by atoms with E-state index in [1.54, 1.807) is 0 Å². The summed E-state index contributed by atoms with van der Waals surface area (Å²) < 4.78 is 5.35. The fraction of sp³-hybridized carbons (Fsp3) is 0.875. The number of morpholine rings is 1. The Morgan fingerprint density at radius 1 is 1.19 bits per heavy atom. The molecule has 1 amide bonds. The molecular formula is C16H27N3O2. The van der Waals surface area contributed by atoms with Crippen LogP contribution >= 0.6 is 0 Å². The van der Waals surface area contributed by atoms with Crippen LogP contribution in [0.15, 0.2) is 0 Å². The number of rotatable bonds is 6. The summed E-state index contributed by atoms with van der Waals surface area (Å²) in [7, 11) is 0. The number of ether oxygens (including phenoxy) is 1. The van der Waals surface area contributed by atoms with Crippen LogP contribution in [0.5, 0.6) is 0 Å². The van der Waals surface area contributed by atoms with Crippen molar-refractivity contribution in [3.05, 3.63) is 0 Å². The summed E-state index contributed by atoms with van der Waals surface area (Å²) in [4.78, 5) is 16.9. The molecule has 1 saturated carbocycles. The average Bonchev–Trinajstić information content (AvgIpc) is 2.56. The third-order valence-electron chi connectivity index (χ3n) is 4.55. The van der Waals surface area contributed by atoms with Crippen molar-refractivity contribution in [2.75, 3.05) is 45.9 Å². The molecule has 0 unspecified atom stereocenters. The monoisotopic (exact) mass is 293 g/mol. The highest BCUT2D eigenvalue weighted by Crippen LogP contribution is 2.25. The Balaban J connectivity index is 1.83. The molecule has 0 bridgehead atoms. The second-order valence-electron chi connectivity index (χ2n) is 6.02. The summed E-state index contributed by atoms with van der Waals surface area (Å²) in [6.45, 7) is 5.69. The Kier molecular flexibility index (Phi) is 6.98. The molecule has 2 aliphatic rings. The van der Waals surface area contributed by atoms with Gasteiger partial charge in [-0.2, -0.15) is 5.26 Å². The molecule has 2 rings (SSSR count). The first-order chi connectivity index (χ1) is 10.3. The molecule has 21 heavy (non-hydrogen) atoms. The number of hydrogen-bond donors (Lipinski definition) is 0. The third-order valence-corrected chi connectivity index (χ3v) is 4.55. The summed E-state index contributed by atoms with van der Waals surface area (Å²) in [6, 6.07) is 2.17. The molecule has 0 aromatic heterocycles. The van der Waals surface area contributed by atoms with Crippen molar-refractivity contribution < 1.29 is 9.53 Å². The molecule has 118 valence electrons. The van der Waals surface area contributed by atoms with Crippen molar-refractivity contribution in [2.24, 2.45) is 5.92 Å². The van der Waals surface area contributed by atoms with Crippen LogP contribution in [0, 0.1) is 17.2 Å². The third kappa shape index (κ3) is 5.29. The lowest BCUT2D eigenvalue weighted by Crippen LogP contribution is -2.45. The molecule has 0 radical (unpaired) electrons. The minimum Gasteiger partial charge on any atom is -0.379 e. The number of hydrogen-bond acceptors (Lipinski definition) is 4. The zero-order chi connectivity index (χ0) is 14.9. The van der Waals surface area contributed by atoms with Gasteiger partial charge in [-0.1, -0.05) is 19.3 Å². The molecule has 1 heterocycles. The first kappa shape index (κ1) is 16.3. The lowest BCUT2D eigenvalue weighted by molar-refractivity contribution is -0.136. The van der Waals surface area contributed by atoms with Crippen LogP contribution in [0.2, 0.25) is 0 Å². The Hall–Kier alpha value is -1.12. The van der Waals surface area contributed by atoms with E-state index in [0.29, 0.717) is 13.0 Å². The molecule has 1 saturated heterocycles. The van der Waals surface area contributed by atoms with E-state index in [1.807, 2.05) is 4.90 Å². The van der Waals surface area contributed by atoms with Crippen molar-refractivity contribution in [3.8, 4) is 6.07 Å². The number of nitriles is 1. The van der Waals surface area contributed by atoms with Crippen molar-refractivity contribution >= 4 is 5.91 Å². The average molecular weight is 293 g/mol. The number of carbonyl (C=O) groups is 1. The first-order valence-electron chi connectivity index (χ1n) is 8.27. The highest BCUT2D eigenvalue weighted by atomic mass is 16.5. The van der Waals surface area contributed by atoms with Crippen LogP contribution < -0.4 is 0 Å². The van der Waals surface area contributed by atoms with Crippen molar-refractivity contribution in [1.82, 2.24) is 9.80 Å². The lowest BCUT2D eigenvalue weighted by atomic mass is 9.88. The van der Waals surface area contributed by atoms with Gasteiger partial charge < -0.3 is 9.64 Å². The van der Waals surface area contributed by atoms with Gasteiger partial charge in [-0.3, -0.25) is 9.69 Å². The Morgan fingerprint density at radius 2 is 1.90 bits per heavy atom. The first-order valence-corrected chi connectivity index (χ1v) is 8.27. The summed E-state index contributed by atoms with van der Waals surface area (Å²) in [5.41, 5.74) is 0. The predicted octanol–water partition coefficient (Wildman–Crippen LogP) is 1.64. The summed E-state index contributed by atoms with van der Waals surface area (Å²) in [5, 5.41) is 8.81. The largest absolute Gasteiger partial charge is 0.379 e. The van der Waals surface area contributed by atoms with E-state index in [1.165, 1.54) is 19.3 Å². The van der Waals surface area contributed by atoms with Gasteiger partial charge in [-0.25, -0.2) is 0 Å². The van der Waals surface area contributed by atoms with Gasteiger partial charge in [-0.15, -0.1) is 0 Å². The van der Waals surface area contributed by atoms with Gasteiger partial charge in [0.1, 0.15) is 0 Å². The molecule has 0 aromatic carbocycles. The molecule has 0 N–H and O–H groups in total. The van der Waals surface area contributed by atoms with Gasteiger partial charge >= 0.3 is 0 Å². The van der Waals surface area contributed by atoms with E-state index >= 15 is 0 Å². The zero-order valence-electron chi connectivity index (χ0n) is 12.9. The van der Waals surface area contributed by atoms with Crippen LogP contribution in [0.25, 0.3) is 0 Å². The van der Waals surface area contributed by atoms with Gasteiger partial charge in [0.15, 0.2) is 0 Å². The van der Waals surface area contributed by atoms with Crippen LogP contribution in [0.1, 0.15) is 38.5 Å². The Labute approximate surface area is 127 Å². The predicted molar refractivity (Wildman–Crippen MR) is 80.6 cm³/mol. The molecule has 5 nitrogen and oxygen atoms in total. The molecule has 5 heteroatoms. The van der Waals surface area contributed by atoms with Crippen molar-refractivity contribution in [3.63, 3.8) is 0 Å². The molecule has 1 aliphatic carbocycles. The standard InChI is InChI=1S/C16H27N3O2/c17-7-4-8-19(10-9-18-11-13-21-14-12-18)16(20)15-5-2-1-3-6-15/h15H,1-6,8-14H2. The maximum Gasteiger partial charge on any atom is 0.225 e. The SMILES string of the molecule is N#CCCN(CCN1CCOCC1)C(=O)C1CCCCC1. The molecule has 0 aromatic rings. The van der Waals surface area contributed by atoms with Crippen LogP contribution in [0.4, 0.5) is 0 Å². The molecule has 0 atom stereocenters. The fourth-order valence-corrected chi connectivity index (χ4v) is 3.21. The Bertz CT molecular complexity index is 355. The van der Waals surface area contributed by atoms with E-state index in [-0.39, 0.29) is 11.8 Å². The van der Waals surface area contributed by atoms with Crippen LogP contribution in [0.3, 0.4) is 0 Å².